The lowest BCUT2D eigenvalue weighted by Gasteiger charge is -2.29. The number of halogens is 1. The molecule has 0 saturated carbocycles. The number of phenols is 1. The predicted octanol–water partition coefficient (Wildman–Crippen LogP) is 4.80. The van der Waals surface area contributed by atoms with Gasteiger partial charge >= 0.3 is 0 Å². The zero-order valence-electron chi connectivity index (χ0n) is 16.3. The van der Waals surface area contributed by atoms with E-state index in [-0.39, 0.29) is 17.8 Å². The van der Waals surface area contributed by atoms with Crippen molar-refractivity contribution < 1.29 is 5.11 Å². The molecule has 2 N–H and O–H groups in total. The van der Waals surface area contributed by atoms with Crippen molar-refractivity contribution in [2.75, 3.05) is 4.90 Å². The molecule has 0 unspecified atom stereocenters. The minimum Gasteiger partial charge on any atom is -0.506 e. The Balaban J connectivity index is 1.70. The maximum absolute atomic E-state index is 10.6. The van der Waals surface area contributed by atoms with Crippen LogP contribution in [0.3, 0.4) is 0 Å². The zero-order chi connectivity index (χ0) is 21.4. The van der Waals surface area contributed by atoms with Crippen LogP contribution in [0, 0.1) is 0 Å². The van der Waals surface area contributed by atoms with Gasteiger partial charge in [-0.15, -0.1) is 0 Å². The van der Waals surface area contributed by atoms with Gasteiger partial charge in [0.05, 0.1) is 17.4 Å². The van der Waals surface area contributed by atoms with Crippen LogP contribution in [0.5, 0.6) is 5.75 Å². The Morgan fingerprint density at radius 2 is 1.77 bits per heavy atom. The fraction of sp³-hybridized carbons (Fsp3) is 0.0870. The van der Waals surface area contributed by atoms with Crippen molar-refractivity contribution in [3.05, 3.63) is 102 Å². The maximum atomic E-state index is 10.6. The fourth-order valence-electron chi connectivity index (χ4n) is 3.94. The molecule has 3 aromatic heterocycles. The number of aromatic hydroxyl groups is 1. The fourth-order valence-corrected chi connectivity index (χ4v) is 4.45. The van der Waals surface area contributed by atoms with Crippen LogP contribution in [0.25, 0.3) is 5.82 Å². The predicted molar refractivity (Wildman–Crippen MR) is 125 cm³/mol. The van der Waals surface area contributed by atoms with Gasteiger partial charge in [-0.25, -0.2) is 4.98 Å². The molecule has 154 valence electrons. The van der Waals surface area contributed by atoms with Crippen LogP contribution in [-0.2, 0) is 0 Å². The number of nitrogens with zero attached hydrogens (tertiary/aromatic N) is 4. The first kappa shape index (κ1) is 19.5. The lowest BCUT2D eigenvalue weighted by atomic mass is 10.0. The molecule has 6 nitrogen and oxygen atoms in total. The third kappa shape index (κ3) is 3.52. The van der Waals surface area contributed by atoms with Crippen molar-refractivity contribution in [2.24, 2.45) is 0 Å². The molecule has 1 saturated heterocycles. The maximum Gasteiger partial charge on any atom is 0.174 e. The van der Waals surface area contributed by atoms with Crippen LogP contribution in [0.1, 0.15) is 23.5 Å². The van der Waals surface area contributed by atoms with Crippen molar-refractivity contribution >= 4 is 34.6 Å². The van der Waals surface area contributed by atoms with Gasteiger partial charge in [0.15, 0.2) is 5.11 Å². The summed E-state index contributed by atoms with van der Waals surface area (Å²) in [5.74, 6) is 0.881. The number of phenolic OH excluding ortho intramolecular Hbond substituents is 1. The molecule has 2 atom stereocenters. The van der Waals surface area contributed by atoms with E-state index >= 15 is 0 Å². The molecule has 8 heteroatoms. The third-order valence-corrected chi connectivity index (χ3v) is 5.82. The number of aromatic nitrogens is 3. The minimum absolute atomic E-state index is 0.0937. The van der Waals surface area contributed by atoms with Gasteiger partial charge < -0.3 is 19.9 Å². The molecule has 4 heterocycles. The summed E-state index contributed by atoms with van der Waals surface area (Å²) < 4.78 is 2.02. The Morgan fingerprint density at radius 3 is 2.52 bits per heavy atom. The molecule has 0 amide bonds. The highest BCUT2D eigenvalue weighted by atomic mass is 35.5. The molecule has 1 aliphatic heterocycles. The zero-order valence-corrected chi connectivity index (χ0v) is 17.8. The smallest absolute Gasteiger partial charge is 0.174 e. The van der Waals surface area contributed by atoms with E-state index in [2.05, 4.69) is 15.3 Å². The summed E-state index contributed by atoms with van der Waals surface area (Å²) in [5, 5.41) is 15.0. The molecular weight excluding hydrogens is 430 g/mol. The topological polar surface area (TPSA) is 66.2 Å². The number of hydrogen-bond acceptors (Lipinski definition) is 4. The van der Waals surface area contributed by atoms with Gasteiger partial charge in [-0.3, -0.25) is 4.98 Å². The van der Waals surface area contributed by atoms with Crippen molar-refractivity contribution in [3.63, 3.8) is 0 Å². The highest BCUT2D eigenvalue weighted by Gasteiger charge is 2.43. The Hall–Kier alpha value is -3.42. The molecule has 5 rings (SSSR count). The second-order valence-corrected chi connectivity index (χ2v) is 7.94. The van der Waals surface area contributed by atoms with Gasteiger partial charge in [0.1, 0.15) is 17.6 Å². The standard InChI is InChI=1S/C23H18ClN5OS/c24-15-9-10-19(30)18(14-15)29-22(21(27-23(29)31)16-6-1-3-11-25-16)17-7-5-13-28(17)20-8-2-4-12-26-20/h1-14,21-22,30H,(H,27,31)/t21-,22+/m1/s1. The van der Waals surface area contributed by atoms with Crippen molar-refractivity contribution in [3.8, 4) is 11.6 Å². The molecule has 31 heavy (non-hydrogen) atoms. The Kier molecular flexibility index (Phi) is 5.05. The van der Waals surface area contributed by atoms with E-state index in [1.807, 2.05) is 64.2 Å². The second-order valence-electron chi connectivity index (χ2n) is 7.12. The number of nitrogens with one attached hydrogen (secondary N) is 1. The van der Waals surface area contributed by atoms with E-state index in [1.165, 1.54) is 0 Å². The van der Waals surface area contributed by atoms with Crippen LogP contribution in [0.15, 0.2) is 85.3 Å². The third-order valence-electron chi connectivity index (χ3n) is 5.27. The number of thiocarbonyl (C=S) groups is 1. The summed E-state index contributed by atoms with van der Waals surface area (Å²) in [6.45, 7) is 0. The van der Waals surface area contributed by atoms with E-state index in [1.54, 1.807) is 30.6 Å². The molecule has 1 aliphatic rings. The Morgan fingerprint density at radius 1 is 0.968 bits per heavy atom. The Labute approximate surface area is 189 Å². The number of hydrogen-bond donors (Lipinski definition) is 2. The van der Waals surface area contributed by atoms with E-state index < -0.39 is 0 Å². The molecule has 0 bridgehead atoms. The Bertz CT molecular complexity index is 1230. The van der Waals surface area contributed by atoms with Crippen molar-refractivity contribution in [2.45, 2.75) is 12.1 Å². The van der Waals surface area contributed by atoms with Gasteiger partial charge in [0.2, 0.25) is 0 Å². The summed E-state index contributed by atoms with van der Waals surface area (Å²) in [4.78, 5) is 11.0. The van der Waals surface area contributed by atoms with Crippen LogP contribution in [0.4, 0.5) is 5.69 Å². The summed E-state index contributed by atoms with van der Waals surface area (Å²) in [7, 11) is 0. The number of pyridine rings is 2. The minimum atomic E-state index is -0.302. The van der Waals surface area contributed by atoms with Crippen LogP contribution in [-0.4, -0.2) is 24.8 Å². The number of anilines is 1. The van der Waals surface area contributed by atoms with Gasteiger partial charge in [0, 0.05) is 29.3 Å². The van der Waals surface area contributed by atoms with E-state index in [4.69, 9.17) is 23.8 Å². The van der Waals surface area contributed by atoms with Gasteiger partial charge in [0.25, 0.3) is 0 Å². The van der Waals surface area contributed by atoms with Crippen molar-refractivity contribution in [1.82, 2.24) is 19.9 Å². The lowest BCUT2D eigenvalue weighted by Crippen LogP contribution is -2.30. The molecule has 0 radical (unpaired) electrons. The molecule has 0 aliphatic carbocycles. The quantitative estimate of drug-likeness (QED) is 0.438. The van der Waals surface area contributed by atoms with Crippen LogP contribution >= 0.6 is 23.8 Å². The summed E-state index contributed by atoms with van der Waals surface area (Å²) in [6.07, 6.45) is 5.48. The lowest BCUT2D eigenvalue weighted by molar-refractivity contribution is 0.472. The first-order chi connectivity index (χ1) is 15.1. The van der Waals surface area contributed by atoms with Crippen LogP contribution < -0.4 is 10.2 Å². The van der Waals surface area contributed by atoms with Crippen LogP contribution in [0.2, 0.25) is 5.02 Å². The molecular formula is C23H18ClN5OS. The molecule has 1 fully saturated rings. The number of benzene rings is 1. The van der Waals surface area contributed by atoms with E-state index in [0.29, 0.717) is 15.8 Å². The monoisotopic (exact) mass is 447 g/mol. The van der Waals surface area contributed by atoms with Gasteiger partial charge in [-0.1, -0.05) is 23.7 Å². The summed E-state index contributed by atoms with van der Waals surface area (Å²) in [5.41, 5.74) is 2.32. The molecule has 1 aromatic carbocycles. The first-order valence-electron chi connectivity index (χ1n) is 9.71. The average molecular weight is 448 g/mol. The molecule has 0 spiro atoms. The highest BCUT2D eigenvalue weighted by Crippen LogP contribution is 2.45. The average Bonchev–Trinajstić information content (AvgIpc) is 3.41. The highest BCUT2D eigenvalue weighted by molar-refractivity contribution is 7.80. The van der Waals surface area contributed by atoms with Crippen molar-refractivity contribution in [1.29, 1.82) is 0 Å². The largest absolute Gasteiger partial charge is 0.506 e. The van der Waals surface area contributed by atoms with E-state index in [0.717, 1.165) is 17.2 Å². The SMILES string of the molecule is Oc1ccc(Cl)cc1N1C(=S)N[C@H](c2ccccn2)[C@@H]1c1cccn1-c1ccccn1. The second kappa shape index (κ2) is 8.02. The first-order valence-corrected chi connectivity index (χ1v) is 10.5. The molecule has 4 aromatic rings. The normalized spacial score (nSPS) is 18.2. The van der Waals surface area contributed by atoms with Gasteiger partial charge in [-0.2, -0.15) is 0 Å². The van der Waals surface area contributed by atoms with E-state index in [9.17, 15) is 5.11 Å². The summed E-state index contributed by atoms with van der Waals surface area (Å²) in [6, 6.07) is 19.9. The van der Waals surface area contributed by atoms with Gasteiger partial charge in [-0.05, 0) is 66.8 Å². The summed E-state index contributed by atoms with van der Waals surface area (Å²) >= 11 is 12.0. The number of rotatable bonds is 4.